The van der Waals surface area contributed by atoms with Crippen LogP contribution in [-0.4, -0.2) is 44.8 Å². The second kappa shape index (κ2) is 9.40. The smallest absolute Gasteiger partial charge is 0.308 e. The van der Waals surface area contributed by atoms with Gasteiger partial charge in [-0.15, -0.1) is 16.8 Å². The topological polar surface area (TPSA) is 96.8 Å². The highest BCUT2D eigenvalue weighted by Crippen LogP contribution is 2.43. The normalized spacial score (nSPS) is 21.6. The van der Waals surface area contributed by atoms with E-state index in [1.54, 1.807) is 11.8 Å². The predicted octanol–water partition coefficient (Wildman–Crippen LogP) is 4.55. The highest BCUT2D eigenvalue weighted by Gasteiger charge is 2.44. The van der Waals surface area contributed by atoms with Crippen LogP contribution in [0.2, 0.25) is 0 Å². The summed E-state index contributed by atoms with van der Waals surface area (Å²) < 4.78 is 0. The molecule has 1 N–H and O–H groups in total. The minimum Gasteiger partial charge on any atom is -0.481 e. The number of hydrogen-bond donors (Lipinski definition) is 1. The number of carbonyl (C=O) groups is 3. The van der Waals surface area contributed by atoms with Crippen LogP contribution in [0.25, 0.3) is 11.1 Å². The molecule has 3 atom stereocenters. The van der Waals surface area contributed by atoms with Crippen LogP contribution in [0.15, 0.2) is 78.0 Å². The third kappa shape index (κ3) is 4.22. The standard InChI is InChI=1S/C26H22N2O5S/c29-24-20-12-13-27-14-21(20)25(30)28(24)33-15-18-8-11-22(23(18)26(31)32)34-19-9-6-17(7-10-19)16-4-2-1-3-5-16/h1-7,9-10,12-14,18,22-23H,8,11,15H2,(H,31,32)/t18-,22-,23-/m0/s1. The molecule has 3 aromatic rings. The van der Waals surface area contributed by atoms with Crippen LogP contribution in [-0.2, 0) is 9.63 Å². The quantitative estimate of drug-likeness (QED) is 0.502. The van der Waals surface area contributed by atoms with Crippen molar-refractivity contribution in [2.75, 3.05) is 6.61 Å². The number of carboxylic acids is 1. The zero-order valence-corrected chi connectivity index (χ0v) is 19.0. The van der Waals surface area contributed by atoms with Gasteiger partial charge in [-0.1, -0.05) is 42.5 Å². The Hall–Kier alpha value is -3.49. The Bertz CT molecular complexity index is 1200. The lowest BCUT2D eigenvalue weighted by molar-refractivity contribution is -0.146. The van der Waals surface area contributed by atoms with E-state index in [2.05, 4.69) is 17.1 Å². The first-order valence-corrected chi connectivity index (χ1v) is 11.9. The fraction of sp³-hybridized carbons (Fsp3) is 0.231. The average molecular weight is 475 g/mol. The van der Waals surface area contributed by atoms with E-state index in [0.717, 1.165) is 21.1 Å². The molecule has 0 radical (unpaired) electrons. The number of carboxylic acid groups (broad SMARTS) is 1. The van der Waals surface area contributed by atoms with Gasteiger partial charge in [-0.2, -0.15) is 0 Å². The molecular weight excluding hydrogens is 452 g/mol. The van der Waals surface area contributed by atoms with Crippen molar-refractivity contribution in [1.82, 2.24) is 10.0 Å². The maximum atomic E-state index is 12.5. The Labute approximate surface area is 200 Å². The Morgan fingerprint density at radius 1 is 0.971 bits per heavy atom. The molecule has 172 valence electrons. The molecule has 34 heavy (non-hydrogen) atoms. The summed E-state index contributed by atoms with van der Waals surface area (Å²) in [5.41, 5.74) is 2.67. The lowest BCUT2D eigenvalue weighted by Crippen LogP contribution is -2.35. The largest absolute Gasteiger partial charge is 0.481 e. The molecule has 0 bridgehead atoms. The van der Waals surface area contributed by atoms with Gasteiger partial charge in [0.15, 0.2) is 0 Å². The second-order valence-corrected chi connectivity index (χ2v) is 9.68. The summed E-state index contributed by atoms with van der Waals surface area (Å²) in [6.07, 6.45) is 4.13. The van der Waals surface area contributed by atoms with E-state index in [4.69, 9.17) is 4.84 Å². The lowest BCUT2D eigenvalue weighted by atomic mass is 9.97. The van der Waals surface area contributed by atoms with Crippen molar-refractivity contribution >= 4 is 29.5 Å². The van der Waals surface area contributed by atoms with Crippen LogP contribution in [0.5, 0.6) is 0 Å². The van der Waals surface area contributed by atoms with E-state index in [9.17, 15) is 19.5 Å². The number of imide groups is 1. The zero-order valence-electron chi connectivity index (χ0n) is 18.2. The number of benzene rings is 2. The van der Waals surface area contributed by atoms with E-state index in [-0.39, 0.29) is 28.9 Å². The number of hydrogen-bond acceptors (Lipinski definition) is 6. The maximum Gasteiger partial charge on any atom is 0.308 e. The zero-order chi connectivity index (χ0) is 23.7. The van der Waals surface area contributed by atoms with E-state index in [0.29, 0.717) is 12.8 Å². The molecule has 2 aromatic carbocycles. The van der Waals surface area contributed by atoms with Gasteiger partial charge < -0.3 is 5.11 Å². The lowest BCUT2D eigenvalue weighted by Gasteiger charge is -2.22. The van der Waals surface area contributed by atoms with Crippen molar-refractivity contribution in [2.45, 2.75) is 23.0 Å². The van der Waals surface area contributed by atoms with Crippen molar-refractivity contribution in [3.63, 3.8) is 0 Å². The van der Waals surface area contributed by atoms with Gasteiger partial charge in [-0.25, -0.2) is 0 Å². The number of fused-ring (bicyclic) bond motifs is 1. The Kier molecular flexibility index (Phi) is 6.17. The first kappa shape index (κ1) is 22.3. The number of amides is 2. The molecule has 1 aliphatic carbocycles. The number of hydroxylamine groups is 2. The van der Waals surface area contributed by atoms with Crippen molar-refractivity contribution in [3.8, 4) is 11.1 Å². The van der Waals surface area contributed by atoms with Crippen molar-refractivity contribution < 1.29 is 24.3 Å². The number of rotatable bonds is 7. The fourth-order valence-corrected chi connectivity index (χ4v) is 5.98. The van der Waals surface area contributed by atoms with E-state index >= 15 is 0 Å². The summed E-state index contributed by atoms with van der Waals surface area (Å²) in [6, 6.07) is 19.7. The van der Waals surface area contributed by atoms with Gasteiger partial charge in [-0.05, 0) is 48.1 Å². The number of nitrogens with zero attached hydrogens (tertiary/aromatic N) is 2. The van der Waals surface area contributed by atoms with Crippen LogP contribution in [0.1, 0.15) is 33.6 Å². The molecule has 0 unspecified atom stereocenters. The average Bonchev–Trinajstić information content (AvgIpc) is 3.37. The van der Waals surface area contributed by atoms with Crippen molar-refractivity contribution in [1.29, 1.82) is 0 Å². The second-order valence-electron chi connectivity index (χ2n) is 8.37. The summed E-state index contributed by atoms with van der Waals surface area (Å²) in [5.74, 6) is -2.95. The van der Waals surface area contributed by atoms with Gasteiger partial charge in [0.25, 0.3) is 11.8 Å². The van der Waals surface area contributed by atoms with Crippen LogP contribution in [0.3, 0.4) is 0 Å². The van der Waals surface area contributed by atoms with Crippen LogP contribution >= 0.6 is 11.8 Å². The minimum atomic E-state index is -0.893. The highest BCUT2D eigenvalue weighted by atomic mass is 32.2. The van der Waals surface area contributed by atoms with E-state index in [1.165, 1.54) is 18.5 Å². The predicted molar refractivity (Wildman–Crippen MR) is 126 cm³/mol. The number of pyridine rings is 1. The highest BCUT2D eigenvalue weighted by molar-refractivity contribution is 8.00. The summed E-state index contributed by atoms with van der Waals surface area (Å²) in [7, 11) is 0. The van der Waals surface area contributed by atoms with Crippen LogP contribution in [0, 0.1) is 11.8 Å². The summed E-state index contributed by atoms with van der Waals surface area (Å²) in [6.45, 7) is -0.0140. The molecule has 1 aliphatic heterocycles. The Morgan fingerprint density at radius 2 is 1.68 bits per heavy atom. The molecule has 0 saturated heterocycles. The first-order chi connectivity index (χ1) is 16.5. The molecule has 1 aromatic heterocycles. The Morgan fingerprint density at radius 3 is 2.38 bits per heavy atom. The van der Waals surface area contributed by atoms with Gasteiger partial charge in [0.1, 0.15) is 0 Å². The van der Waals surface area contributed by atoms with Gasteiger partial charge in [0.05, 0.1) is 23.7 Å². The number of aromatic nitrogens is 1. The molecule has 5 rings (SSSR count). The molecule has 1 saturated carbocycles. The molecule has 1 fully saturated rings. The van der Waals surface area contributed by atoms with Gasteiger partial charge in [0, 0.05) is 22.5 Å². The third-order valence-electron chi connectivity index (χ3n) is 6.33. The van der Waals surface area contributed by atoms with Crippen LogP contribution in [0.4, 0.5) is 0 Å². The fourth-order valence-electron chi connectivity index (χ4n) is 4.60. The van der Waals surface area contributed by atoms with Gasteiger partial charge >= 0.3 is 5.97 Å². The third-order valence-corrected chi connectivity index (χ3v) is 7.71. The first-order valence-electron chi connectivity index (χ1n) is 11.0. The number of thioether (sulfide) groups is 1. The van der Waals surface area contributed by atoms with Crippen molar-refractivity contribution in [2.24, 2.45) is 11.8 Å². The Balaban J connectivity index is 1.24. The molecule has 8 heteroatoms. The van der Waals surface area contributed by atoms with Gasteiger partial charge in [0.2, 0.25) is 0 Å². The number of carbonyl (C=O) groups excluding carboxylic acids is 2. The molecular formula is C26H22N2O5S. The molecule has 0 spiro atoms. The summed E-state index contributed by atoms with van der Waals surface area (Å²) in [4.78, 5) is 47.6. The van der Waals surface area contributed by atoms with E-state index < -0.39 is 23.7 Å². The summed E-state index contributed by atoms with van der Waals surface area (Å²) in [5, 5.41) is 10.5. The molecule has 2 amide bonds. The summed E-state index contributed by atoms with van der Waals surface area (Å²) >= 11 is 1.55. The maximum absolute atomic E-state index is 12.5. The molecule has 2 aliphatic rings. The van der Waals surface area contributed by atoms with Crippen LogP contribution < -0.4 is 0 Å². The number of aliphatic carboxylic acids is 1. The van der Waals surface area contributed by atoms with Crippen molar-refractivity contribution in [3.05, 3.63) is 84.2 Å². The minimum absolute atomic E-state index is 0.0140. The monoisotopic (exact) mass is 474 g/mol. The van der Waals surface area contributed by atoms with E-state index in [1.807, 2.05) is 42.5 Å². The van der Waals surface area contributed by atoms with Gasteiger partial charge in [-0.3, -0.25) is 24.2 Å². The molecule has 7 nitrogen and oxygen atoms in total. The molecule has 2 heterocycles. The SMILES string of the molecule is O=C(O)[C@H]1[C@H](CON2C(=O)c3ccncc3C2=O)CC[C@@H]1Sc1ccc(-c2ccccc2)cc1.